The number of rotatable bonds is 6. The minimum absolute atomic E-state index is 0.0927. The Labute approximate surface area is 177 Å². The molecule has 30 heavy (non-hydrogen) atoms. The SMILES string of the molecule is COc1cc(CN2CC3CCCC(O)(c4cccc(F)c4)C3C2)cc(OC)c1OC. The van der Waals surface area contributed by atoms with Gasteiger partial charge in [-0.1, -0.05) is 12.1 Å². The molecule has 3 unspecified atom stereocenters. The van der Waals surface area contributed by atoms with E-state index in [0.29, 0.717) is 35.2 Å². The second-order valence-corrected chi connectivity index (χ2v) is 8.42. The molecule has 0 amide bonds. The monoisotopic (exact) mass is 415 g/mol. The Bertz CT molecular complexity index is 880. The van der Waals surface area contributed by atoms with Crippen LogP contribution < -0.4 is 14.2 Å². The minimum atomic E-state index is -0.977. The Balaban J connectivity index is 1.56. The fourth-order valence-corrected chi connectivity index (χ4v) is 5.34. The summed E-state index contributed by atoms with van der Waals surface area (Å²) in [6, 6.07) is 10.4. The first-order chi connectivity index (χ1) is 14.5. The summed E-state index contributed by atoms with van der Waals surface area (Å²) in [5.41, 5.74) is 0.791. The van der Waals surface area contributed by atoms with Gasteiger partial charge in [0.1, 0.15) is 5.82 Å². The van der Waals surface area contributed by atoms with Gasteiger partial charge < -0.3 is 19.3 Å². The smallest absolute Gasteiger partial charge is 0.203 e. The lowest BCUT2D eigenvalue weighted by atomic mass is 9.67. The summed E-state index contributed by atoms with van der Waals surface area (Å²) in [5, 5.41) is 11.6. The zero-order valence-corrected chi connectivity index (χ0v) is 17.9. The quantitative estimate of drug-likeness (QED) is 0.774. The third-order valence-electron chi connectivity index (χ3n) is 6.72. The standard InChI is InChI=1S/C24H30FNO4/c1-28-21-10-16(11-22(29-2)23(21)30-3)13-26-14-17-6-5-9-24(27,20(17)15-26)18-7-4-8-19(25)12-18/h4,7-8,10-12,17,20,27H,5-6,9,13-15H2,1-3H3. The average molecular weight is 416 g/mol. The Hall–Kier alpha value is -2.31. The molecule has 6 heteroatoms. The number of halogens is 1. The van der Waals surface area contributed by atoms with Gasteiger partial charge in [-0.25, -0.2) is 4.39 Å². The number of benzene rings is 2. The first kappa shape index (κ1) is 20.9. The van der Waals surface area contributed by atoms with Crippen molar-refractivity contribution < 1.29 is 23.7 Å². The van der Waals surface area contributed by atoms with Crippen LogP contribution in [0, 0.1) is 17.7 Å². The third kappa shape index (κ3) is 3.74. The molecule has 1 aliphatic heterocycles. The van der Waals surface area contributed by atoms with Gasteiger partial charge in [0, 0.05) is 25.6 Å². The van der Waals surface area contributed by atoms with E-state index >= 15 is 0 Å². The molecule has 2 aromatic rings. The Morgan fingerprint density at radius 3 is 2.43 bits per heavy atom. The summed E-state index contributed by atoms with van der Waals surface area (Å²) in [6.07, 6.45) is 2.72. The first-order valence-corrected chi connectivity index (χ1v) is 10.5. The topological polar surface area (TPSA) is 51.2 Å². The second-order valence-electron chi connectivity index (χ2n) is 8.42. The zero-order chi connectivity index (χ0) is 21.3. The van der Waals surface area contributed by atoms with Gasteiger partial charge in [0.25, 0.3) is 0 Å². The molecular formula is C24H30FNO4. The molecule has 2 aromatic carbocycles. The first-order valence-electron chi connectivity index (χ1n) is 10.5. The Morgan fingerprint density at radius 1 is 1.07 bits per heavy atom. The van der Waals surface area contributed by atoms with Gasteiger partial charge in [0.05, 0.1) is 26.9 Å². The molecule has 2 fully saturated rings. The summed E-state index contributed by atoms with van der Waals surface area (Å²) >= 11 is 0. The molecule has 1 heterocycles. The summed E-state index contributed by atoms with van der Waals surface area (Å²) in [7, 11) is 4.83. The molecule has 0 spiro atoms. The molecule has 1 saturated heterocycles. The highest BCUT2D eigenvalue weighted by Crippen LogP contribution is 2.48. The summed E-state index contributed by atoms with van der Waals surface area (Å²) in [4.78, 5) is 2.37. The van der Waals surface area contributed by atoms with Gasteiger partial charge in [-0.2, -0.15) is 0 Å². The van der Waals surface area contributed by atoms with Crippen molar-refractivity contribution in [3.8, 4) is 17.2 Å². The maximum atomic E-state index is 13.8. The molecule has 3 atom stereocenters. The molecule has 0 aromatic heterocycles. The van der Waals surface area contributed by atoms with Crippen molar-refractivity contribution in [3.63, 3.8) is 0 Å². The lowest BCUT2D eigenvalue weighted by Crippen LogP contribution is -2.42. The third-order valence-corrected chi connectivity index (χ3v) is 6.72. The molecule has 0 radical (unpaired) electrons. The Kier molecular flexibility index (Phi) is 5.89. The van der Waals surface area contributed by atoms with Crippen LogP contribution in [0.5, 0.6) is 17.2 Å². The zero-order valence-electron chi connectivity index (χ0n) is 17.9. The lowest BCUT2D eigenvalue weighted by Gasteiger charge is -2.41. The van der Waals surface area contributed by atoms with Crippen molar-refractivity contribution in [1.29, 1.82) is 0 Å². The average Bonchev–Trinajstić information content (AvgIpc) is 3.17. The van der Waals surface area contributed by atoms with Crippen LogP contribution in [0.3, 0.4) is 0 Å². The highest BCUT2D eigenvalue weighted by atomic mass is 19.1. The van der Waals surface area contributed by atoms with E-state index in [9.17, 15) is 9.50 Å². The van der Waals surface area contributed by atoms with Crippen molar-refractivity contribution in [2.45, 2.75) is 31.4 Å². The van der Waals surface area contributed by atoms with E-state index in [-0.39, 0.29) is 11.7 Å². The van der Waals surface area contributed by atoms with Crippen LogP contribution in [0.1, 0.15) is 30.4 Å². The van der Waals surface area contributed by atoms with E-state index in [1.54, 1.807) is 27.4 Å². The highest BCUT2D eigenvalue weighted by molar-refractivity contribution is 5.53. The van der Waals surface area contributed by atoms with Gasteiger partial charge in [-0.15, -0.1) is 0 Å². The minimum Gasteiger partial charge on any atom is -0.493 e. The number of hydrogen-bond acceptors (Lipinski definition) is 5. The van der Waals surface area contributed by atoms with Crippen LogP contribution in [0.15, 0.2) is 36.4 Å². The van der Waals surface area contributed by atoms with Crippen LogP contribution in [0.4, 0.5) is 4.39 Å². The van der Waals surface area contributed by atoms with Crippen molar-refractivity contribution in [2.24, 2.45) is 11.8 Å². The predicted octanol–water partition coefficient (Wildman–Crippen LogP) is 3.97. The predicted molar refractivity (Wildman–Crippen MR) is 113 cm³/mol. The van der Waals surface area contributed by atoms with E-state index in [0.717, 1.165) is 38.0 Å². The van der Waals surface area contributed by atoms with E-state index in [1.165, 1.54) is 12.1 Å². The Morgan fingerprint density at radius 2 is 1.80 bits per heavy atom. The maximum Gasteiger partial charge on any atom is 0.203 e. The highest BCUT2D eigenvalue weighted by Gasteiger charge is 2.49. The van der Waals surface area contributed by atoms with Gasteiger partial charge in [0.15, 0.2) is 11.5 Å². The van der Waals surface area contributed by atoms with Crippen LogP contribution in [0.2, 0.25) is 0 Å². The van der Waals surface area contributed by atoms with Crippen LogP contribution in [-0.4, -0.2) is 44.4 Å². The summed E-state index contributed by atoms with van der Waals surface area (Å²) in [5.74, 6) is 2.05. The van der Waals surface area contributed by atoms with Crippen molar-refractivity contribution >= 4 is 0 Å². The van der Waals surface area contributed by atoms with Gasteiger partial charge >= 0.3 is 0 Å². The molecule has 1 N–H and O–H groups in total. The number of hydrogen-bond donors (Lipinski definition) is 1. The van der Waals surface area contributed by atoms with Crippen LogP contribution in [-0.2, 0) is 12.1 Å². The fourth-order valence-electron chi connectivity index (χ4n) is 5.34. The number of likely N-dealkylation sites (tertiary alicyclic amines) is 1. The number of aliphatic hydroxyl groups is 1. The molecule has 1 saturated carbocycles. The van der Waals surface area contributed by atoms with Crippen LogP contribution >= 0.6 is 0 Å². The number of methoxy groups -OCH3 is 3. The normalized spacial score (nSPS) is 26.3. The van der Waals surface area contributed by atoms with Gasteiger partial charge in [-0.05, 0) is 60.6 Å². The van der Waals surface area contributed by atoms with Crippen molar-refractivity contribution in [2.75, 3.05) is 34.4 Å². The largest absolute Gasteiger partial charge is 0.493 e. The molecule has 4 rings (SSSR count). The van der Waals surface area contributed by atoms with Crippen molar-refractivity contribution in [3.05, 3.63) is 53.3 Å². The molecule has 5 nitrogen and oxygen atoms in total. The molecule has 2 aliphatic rings. The molecule has 0 bridgehead atoms. The van der Waals surface area contributed by atoms with Crippen molar-refractivity contribution in [1.82, 2.24) is 4.90 Å². The fraction of sp³-hybridized carbons (Fsp3) is 0.500. The number of fused-ring (bicyclic) bond motifs is 1. The van der Waals surface area contributed by atoms with Gasteiger partial charge in [-0.3, -0.25) is 4.90 Å². The molecular weight excluding hydrogens is 385 g/mol. The molecule has 162 valence electrons. The number of ether oxygens (including phenoxy) is 3. The van der Waals surface area contributed by atoms with E-state index in [1.807, 2.05) is 18.2 Å². The van der Waals surface area contributed by atoms with E-state index < -0.39 is 5.60 Å². The summed E-state index contributed by atoms with van der Waals surface area (Å²) in [6.45, 7) is 2.41. The summed E-state index contributed by atoms with van der Waals surface area (Å²) < 4.78 is 30.2. The van der Waals surface area contributed by atoms with E-state index in [2.05, 4.69) is 4.90 Å². The number of nitrogens with zero attached hydrogens (tertiary/aromatic N) is 1. The molecule has 1 aliphatic carbocycles. The van der Waals surface area contributed by atoms with Crippen LogP contribution in [0.25, 0.3) is 0 Å². The van der Waals surface area contributed by atoms with Gasteiger partial charge in [0.2, 0.25) is 5.75 Å². The van der Waals surface area contributed by atoms with E-state index in [4.69, 9.17) is 14.2 Å². The lowest BCUT2D eigenvalue weighted by molar-refractivity contribution is -0.0650. The maximum absolute atomic E-state index is 13.8. The second kappa shape index (κ2) is 8.44.